The Bertz CT molecular complexity index is 932. The predicted molar refractivity (Wildman–Crippen MR) is 105 cm³/mol. The lowest BCUT2D eigenvalue weighted by Crippen LogP contribution is -2.26. The molecule has 0 saturated heterocycles. The molecule has 0 radical (unpaired) electrons. The van der Waals surface area contributed by atoms with E-state index < -0.39 is 0 Å². The van der Waals surface area contributed by atoms with Crippen LogP contribution >= 0.6 is 0 Å². The Labute approximate surface area is 162 Å². The van der Waals surface area contributed by atoms with Gasteiger partial charge in [-0.05, 0) is 49.2 Å². The van der Waals surface area contributed by atoms with Gasteiger partial charge in [0, 0.05) is 18.3 Å². The Balaban J connectivity index is 1.57. The lowest BCUT2D eigenvalue weighted by Gasteiger charge is -2.09. The van der Waals surface area contributed by atoms with Crippen molar-refractivity contribution in [3.8, 4) is 5.75 Å². The monoisotopic (exact) mass is 380 g/mol. The van der Waals surface area contributed by atoms with Crippen molar-refractivity contribution >= 4 is 17.4 Å². The van der Waals surface area contributed by atoms with Crippen molar-refractivity contribution in [2.24, 2.45) is 0 Å². The summed E-state index contributed by atoms with van der Waals surface area (Å²) in [5.41, 5.74) is 1.60. The zero-order valence-corrected chi connectivity index (χ0v) is 15.5. The molecule has 0 atom stereocenters. The van der Waals surface area contributed by atoms with E-state index in [2.05, 4.69) is 20.6 Å². The van der Waals surface area contributed by atoms with Crippen LogP contribution in [0.15, 0.2) is 60.9 Å². The van der Waals surface area contributed by atoms with Crippen molar-refractivity contribution in [1.82, 2.24) is 15.3 Å². The number of hydrogen-bond donors (Lipinski definition) is 2. The van der Waals surface area contributed by atoms with E-state index in [1.165, 1.54) is 12.4 Å². The molecule has 0 saturated carbocycles. The Morgan fingerprint density at radius 2 is 1.89 bits per heavy atom. The molecule has 1 amide bonds. The number of halogens is 1. The van der Waals surface area contributed by atoms with Crippen molar-refractivity contribution in [2.75, 3.05) is 18.5 Å². The van der Waals surface area contributed by atoms with E-state index in [9.17, 15) is 9.18 Å². The van der Waals surface area contributed by atoms with Crippen LogP contribution in [0.5, 0.6) is 5.75 Å². The second-order valence-corrected chi connectivity index (χ2v) is 5.97. The number of rotatable bonds is 8. The summed E-state index contributed by atoms with van der Waals surface area (Å²) in [5, 5.41) is 5.87. The fraction of sp³-hybridized carbons (Fsp3) is 0.190. The summed E-state index contributed by atoms with van der Waals surface area (Å²) in [7, 11) is 0. The lowest BCUT2D eigenvalue weighted by atomic mass is 10.1. The Morgan fingerprint density at radius 3 is 2.64 bits per heavy atom. The first-order chi connectivity index (χ1) is 13.7. The fourth-order valence-electron chi connectivity index (χ4n) is 2.60. The van der Waals surface area contributed by atoms with E-state index in [1.54, 1.807) is 24.3 Å². The van der Waals surface area contributed by atoms with Gasteiger partial charge in [0.25, 0.3) is 5.91 Å². The number of amides is 1. The molecule has 144 valence electrons. The number of carbonyl (C=O) groups is 1. The van der Waals surface area contributed by atoms with Crippen LogP contribution in [-0.2, 0) is 6.42 Å². The van der Waals surface area contributed by atoms with E-state index in [4.69, 9.17) is 4.74 Å². The molecule has 7 heteroatoms. The number of aromatic nitrogens is 2. The number of carbonyl (C=O) groups excluding carboxylic acids is 1. The summed E-state index contributed by atoms with van der Waals surface area (Å²) in [6, 6.07) is 15.5. The van der Waals surface area contributed by atoms with Crippen molar-refractivity contribution in [1.29, 1.82) is 0 Å². The third-order valence-corrected chi connectivity index (χ3v) is 3.98. The molecule has 0 aliphatic rings. The molecule has 2 N–H and O–H groups in total. The van der Waals surface area contributed by atoms with E-state index in [0.717, 1.165) is 11.4 Å². The average molecular weight is 380 g/mol. The molecule has 3 aromatic rings. The predicted octanol–water partition coefficient (Wildman–Crippen LogP) is 3.73. The smallest absolute Gasteiger partial charge is 0.270 e. The van der Waals surface area contributed by atoms with Crippen molar-refractivity contribution in [3.63, 3.8) is 0 Å². The largest absolute Gasteiger partial charge is 0.494 e. The molecule has 0 aliphatic carbocycles. The Hall–Kier alpha value is -3.48. The summed E-state index contributed by atoms with van der Waals surface area (Å²) in [5.74, 6) is 0.665. The third-order valence-electron chi connectivity index (χ3n) is 3.98. The highest BCUT2D eigenvalue weighted by atomic mass is 19.1. The van der Waals surface area contributed by atoms with Gasteiger partial charge in [-0.25, -0.2) is 14.4 Å². The summed E-state index contributed by atoms with van der Waals surface area (Å²) < 4.78 is 19.0. The molecule has 0 aliphatic heterocycles. The molecule has 6 nitrogen and oxygen atoms in total. The molecule has 3 rings (SSSR count). The molecule has 0 fully saturated rings. The number of ether oxygens (including phenoxy) is 1. The standard InChI is InChI=1S/C21H21FN4O2/c1-2-28-17-9-7-16(8-10-17)26-20-13-19(24-14-25-20)21(27)23-12-11-15-5-3-4-6-18(15)22/h3-10,13-14H,2,11-12H2,1H3,(H,23,27)(H,24,25,26). The summed E-state index contributed by atoms with van der Waals surface area (Å²) in [6.07, 6.45) is 1.73. The highest BCUT2D eigenvalue weighted by Crippen LogP contribution is 2.19. The summed E-state index contributed by atoms with van der Waals surface area (Å²) >= 11 is 0. The quantitative estimate of drug-likeness (QED) is 0.623. The minimum atomic E-state index is -0.339. The van der Waals surface area contributed by atoms with Gasteiger partial charge in [0.1, 0.15) is 29.4 Å². The fourth-order valence-corrected chi connectivity index (χ4v) is 2.60. The van der Waals surface area contributed by atoms with E-state index in [1.807, 2.05) is 31.2 Å². The third kappa shape index (κ3) is 5.26. The second-order valence-electron chi connectivity index (χ2n) is 5.97. The maximum atomic E-state index is 13.6. The van der Waals surface area contributed by atoms with Gasteiger partial charge in [-0.1, -0.05) is 18.2 Å². The summed E-state index contributed by atoms with van der Waals surface area (Å²) in [4.78, 5) is 20.4. The Kier molecular flexibility index (Phi) is 6.51. The molecule has 0 bridgehead atoms. The minimum absolute atomic E-state index is 0.233. The first kappa shape index (κ1) is 19.3. The van der Waals surface area contributed by atoms with Crippen LogP contribution in [0.25, 0.3) is 0 Å². The highest BCUT2D eigenvalue weighted by molar-refractivity contribution is 5.92. The summed E-state index contributed by atoms with van der Waals surface area (Å²) in [6.45, 7) is 2.84. The van der Waals surface area contributed by atoms with Crippen molar-refractivity contribution < 1.29 is 13.9 Å². The van der Waals surface area contributed by atoms with Crippen LogP contribution in [0.1, 0.15) is 23.0 Å². The lowest BCUT2D eigenvalue weighted by molar-refractivity contribution is 0.0949. The van der Waals surface area contributed by atoms with Gasteiger partial charge in [0.2, 0.25) is 0 Å². The zero-order valence-electron chi connectivity index (χ0n) is 15.5. The van der Waals surface area contributed by atoms with Crippen LogP contribution in [-0.4, -0.2) is 29.0 Å². The normalized spacial score (nSPS) is 10.4. The van der Waals surface area contributed by atoms with Crippen LogP contribution < -0.4 is 15.4 Å². The average Bonchev–Trinajstić information content (AvgIpc) is 2.71. The van der Waals surface area contributed by atoms with Gasteiger partial charge in [-0.15, -0.1) is 0 Å². The van der Waals surface area contributed by atoms with Crippen LogP contribution in [0.4, 0.5) is 15.9 Å². The van der Waals surface area contributed by atoms with Crippen LogP contribution in [0.3, 0.4) is 0 Å². The van der Waals surface area contributed by atoms with Crippen molar-refractivity contribution in [2.45, 2.75) is 13.3 Å². The van der Waals surface area contributed by atoms with Gasteiger partial charge in [0.15, 0.2) is 0 Å². The maximum Gasteiger partial charge on any atom is 0.270 e. The van der Waals surface area contributed by atoms with Crippen LogP contribution in [0, 0.1) is 5.82 Å². The number of nitrogens with one attached hydrogen (secondary N) is 2. The van der Waals surface area contributed by atoms with Gasteiger partial charge in [-0.3, -0.25) is 4.79 Å². The second kappa shape index (κ2) is 9.45. The first-order valence-corrected chi connectivity index (χ1v) is 8.99. The molecule has 0 spiro atoms. The molecule has 1 aromatic heterocycles. The zero-order chi connectivity index (χ0) is 19.8. The number of hydrogen-bond acceptors (Lipinski definition) is 5. The number of nitrogens with zero attached hydrogens (tertiary/aromatic N) is 2. The van der Waals surface area contributed by atoms with Gasteiger partial charge in [0.05, 0.1) is 6.61 Å². The molecule has 1 heterocycles. The van der Waals surface area contributed by atoms with E-state index in [-0.39, 0.29) is 17.4 Å². The first-order valence-electron chi connectivity index (χ1n) is 8.99. The number of anilines is 2. The van der Waals surface area contributed by atoms with Crippen molar-refractivity contribution in [3.05, 3.63) is 78.0 Å². The molecule has 0 unspecified atom stereocenters. The Morgan fingerprint density at radius 1 is 1.11 bits per heavy atom. The van der Waals surface area contributed by atoms with E-state index in [0.29, 0.717) is 31.0 Å². The molecule has 28 heavy (non-hydrogen) atoms. The van der Waals surface area contributed by atoms with Crippen LogP contribution in [0.2, 0.25) is 0 Å². The van der Waals surface area contributed by atoms with Gasteiger partial charge in [-0.2, -0.15) is 0 Å². The number of benzene rings is 2. The van der Waals surface area contributed by atoms with E-state index >= 15 is 0 Å². The van der Waals surface area contributed by atoms with Gasteiger partial charge >= 0.3 is 0 Å². The maximum absolute atomic E-state index is 13.6. The SMILES string of the molecule is CCOc1ccc(Nc2cc(C(=O)NCCc3ccccc3F)ncn2)cc1. The minimum Gasteiger partial charge on any atom is -0.494 e. The molecular formula is C21H21FN4O2. The molecular weight excluding hydrogens is 359 g/mol. The molecule has 2 aromatic carbocycles. The highest BCUT2D eigenvalue weighted by Gasteiger charge is 2.09. The topological polar surface area (TPSA) is 76.1 Å². The van der Waals surface area contributed by atoms with Gasteiger partial charge < -0.3 is 15.4 Å².